The molecule has 0 unspecified atom stereocenters. The first-order valence-electron chi connectivity index (χ1n) is 4.79. The summed E-state index contributed by atoms with van der Waals surface area (Å²) in [5.74, 6) is 0.689. The van der Waals surface area contributed by atoms with Gasteiger partial charge in [-0.25, -0.2) is 4.98 Å². The third-order valence-electron chi connectivity index (χ3n) is 2.09. The molecule has 3 nitrogen and oxygen atoms in total. The molecule has 15 heavy (non-hydrogen) atoms. The van der Waals surface area contributed by atoms with Gasteiger partial charge in [-0.15, -0.1) is 0 Å². The summed E-state index contributed by atoms with van der Waals surface area (Å²) in [5, 5.41) is 0. The summed E-state index contributed by atoms with van der Waals surface area (Å²) in [6.45, 7) is 2.51. The van der Waals surface area contributed by atoms with E-state index < -0.39 is 0 Å². The lowest BCUT2D eigenvalue weighted by Crippen LogP contribution is -1.98. The van der Waals surface area contributed by atoms with Crippen LogP contribution in [0.1, 0.15) is 11.1 Å². The first-order chi connectivity index (χ1) is 7.36. The van der Waals surface area contributed by atoms with E-state index >= 15 is 0 Å². The minimum absolute atomic E-state index is 0.528. The highest BCUT2D eigenvalue weighted by atomic mass is 16.5. The van der Waals surface area contributed by atoms with Crippen LogP contribution < -0.4 is 4.74 Å². The quantitative estimate of drug-likeness (QED) is 0.762. The van der Waals surface area contributed by atoms with Gasteiger partial charge in [0.1, 0.15) is 6.61 Å². The Kier molecular flexibility index (Phi) is 2.93. The summed E-state index contributed by atoms with van der Waals surface area (Å²) in [5.41, 5.74) is 2.14. The molecule has 0 spiro atoms. The Morgan fingerprint density at radius 2 is 1.93 bits per heavy atom. The van der Waals surface area contributed by atoms with E-state index in [9.17, 15) is 0 Å². The third-order valence-corrected chi connectivity index (χ3v) is 2.09. The van der Waals surface area contributed by atoms with Crippen LogP contribution in [0.4, 0.5) is 0 Å². The van der Waals surface area contributed by atoms with Gasteiger partial charge in [-0.3, -0.25) is 4.98 Å². The normalized spacial score (nSPS) is 9.93. The average Bonchev–Trinajstić information content (AvgIpc) is 2.29. The Balaban J connectivity index is 2.03. The molecule has 3 heteroatoms. The second-order valence-electron chi connectivity index (χ2n) is 3.27. The average molecular weight is 200 g/mol. The van der Waals surface area contributed by atoms with Crippen LogP contribution in [-0.4, -0.2) is 9.97 Å². The molecule has 0 N–H and O–H groups in total. The lowest BCUT2D eigenvalue weighted by Gasteiger charge is -2.06. The van der Waals surface area contributed by atoms with Gasteiger partial charge in [0.25, 0.3) is 0 Å². The van der Waals surface area contributed by atoms with Gasteiger partial charge in [-0.1, -0.05) is 6.07 Å². The molecule has 0 radical (unpaired) electrons. The van der Waals surface area contributed by atoms with E-state index in [2.05, 4.69) is 9.97 Å². The zero-order valence-corrected chi connectivity index (χ0v) is 8.55. The number of aryl methyl sites for hydroxylation is 1. The van der Waals surface area contributed by atoms with Crippen molar-refractivity contribution in [3.05, 3.63) is 54.0 Å². The summed E-state index contributed by atoms with van der Waals surface area (Å²) >= 11 is 0. The lowest BCUT2D eigenvalue weighted by molar-refractivity contribution is 0.291. The van der Waals surface area contributed by atoms with Crippen molar-refractivity contribution in [3.8, 4) is 5.88 Å². The maximum atomic E-state index is 5.58. The molecule has 0 saturated carbocycles. The summed E-state index contributed by atoms with van der Waals surface area (Å²) in [6.07, 6.45) is 5.24. The molecular weight excluding hydrogens is 188 g/mol. The van der Waals surface area contributed by atoms with Gasteiger partial charge in [0, 0.05) is 24.2 Å². The highest BCUT2D eigenvalue weighted by molar-refractivity contribution is 5.23. The van der Waals surface area contributed by atoms with Crippen LogP contribution in [-0.2, 0) is 6.61 Å². The smallest absolute Gasteiger partial charge is 0.216 e. The fraction of sp³-hybridized carbons (Fsp3) is 0.167. The molecule has 2 heterocycles. The molecule has 2 rings (SSSR count). The molecule has 0 amide bonds. The molecule has 76 valence electrons. The molecule has 0 aliphatic heterocycles. The Labute approximate surface area is 88.8 Å². The van der Waals surface area contributed by atoms with Crippen molar-refractivity contribution in [2.75, 3.05) is 0 Å². The first-order valence-corrected chi connectivity index (χ1v) is 4.79. The third kappa shape index (κ3) is 2.53. The van der Waals surface area contributed by atoms with E-state index in [0.717, 1.165) is 11.1 Å². The molecule has 0 atom stereocenters. The second-order valence-corrected chi connectivity index (χ2v) is 3.27. The van der Waals surface area contributed by atoms with Crippen LogP contribution in [0, 0.1) is 6.92 Å². The van der Waals surface area contributed by atoms with Gasteiger partial charge in [0.2, 0.25) is 5.88 Å². The molecule has 2 aromatic heterocycles. The largest absolute Gasteiger partial charge is 0.473 e. The molecular formula is C12H12N2O. The van der Waals surface area contributed by atoms with E-state index in [0.29, 0.717) is 12.5 Å². The number of hydrogen-bond donors (Lipinski definition) is 0. The number of nitrogens with zero attached hydrogens (tertiary/aromatic N) is 2. The zero-order valence-electron chi connectivity index (χ0n) is 8.55. The predicted octanol–water partition coefficient (Wildman–Crippen LogP) is 2.36. The number of ether oxygens (including phenoxy) is 1. The number of hydrogen-bond acceptors (Lipinski definition) is 3. The van der Waals surface area contributed by atoms with Gasteiger partial charge in [-0.2, -0.15) is 0 Å². The molecule has 0 bridgehead atoms. The Morgan fingerprint density at radius 1 is 1.13 bits per heavy atom. The standard InChI is InChI=1S/C12H12N2O/c1-10-3-2-6-14-12(10)15-9-11-4-7-13-8-5-11/h2-8H,9H2,1H3. The topological polar surface area (TPSA) is 35.0 Å². The molecule has 2 aromatic rings. The Hall–Kier alpha value is -1.90. The van der Waals surface area contributed by atoms with Crippen LogP contribution >= 0.6 is 0 Å². The maximum absolute atomic E-state index is 5.58. The van der Waals surface area contributed by atoms with Crippen LogP contribution in [0.5, 0.6) is 5.88 Å². The zero-order chi connectivity index (χ0) is 10.5. The summed E-state index contributed by atoms with van der Waals surface area (Å²) in [7, 11) is 0. The number of rotatable bonds is 3. The molecule has 0 aliphatic carbocycles. The number of aromatic nitrogens is 2. The molecule has 0 fully saturated rings. The van der Waals surface area contributed by atoms with Crippen LogP contribution in [0.2, 0.25) is 0 Å². The Morgan fingerprint density at radius 3 is 2.67 bits per heavy atom. The second kappa shape index (κ2) is 4.55. The summed E-state index contributed by atoms with van der Waals surface area (Å²) in [4.78, 5) is 8.10. The maximum Gasteiger partial charge on any atom is 0.216 e. The fourth-order valence-electron chi connectivity index (χ4n) is 1.25. The minimum Gasteiger partial charge on any atom is -0.473 e. The summed E-state index contributed by atoms with van der Waals surface area (Å²) < 4.78 is 5.58. The molecule has 0 saturated heterocycles. The van der Waals surface area contributed by atoms with E-state index in [1.54, 1.807) is 18.6 Å². The van der Waals surface area contributed by atoms with Crippen molar-refractivity contribution in [3.63, 3.8) is 0 Å². The van der Waals surface area contributed by atoms with Crippen molar-refractivity contribution in [2.24, 2.45) is 0 Å². The van der Waals surface area contributed by atoms with Crippen LogP contribution in [0.25, 0.3) is 0 Å². The van der Waals surface area contributed by atoms with Crippen molar-refractivity contribution in [2.45, 2.75) is 13.5 Å². The SMILES string of the molecule is Cc1cccnc1OCc1ccncc1. The van der Waals surface area contributed by atoms with E-state index in [-0.39, 0.29) is 0 Å². The highest BCUT2D eigenvalue weighted by Gasteiger charge is 1.99. The van der Waals surface area contributed by atoms with E-state index in [1.807, 2.05) is 31.2 Å². The van der Waals surface area contributed by atoms with Gasteiger partial charge in [0.05, 0.1) is 0 Å². The van der Waals surface area contributed by atoms with Crippen molar-refractivity contribution in [1.82, 2.24) is 9.97 Å². The summed E-state index contributed by atoms with van der Waals surface area (Å²) in [6, 6.07) is 7.74. The minimum atomic E-state index is 0.528. The van der Waals surface area contributed by atoms with Crippen LogP contribution in [0.15, 0.2) is 42.9 Å². The monoisotopic (exact) mass is 200 g/mol. The van der Waals surface area contributed by atoms with Crippen molar-refractivity contribution in [1.29, 1.82) is 0 Å². The first kappa shape index (κ1) is 9.65. The van der Waals surface area contributed by atoms with Crippen molar-refractivity contribution < 1.29 is 4.74 Å². The fourth-order valence-corrected chi connectivity index (χ4v) is 1.25. The van der Waals surface area contributed by atoms with Gasteiger partial charge < -0.3 is 4.74 Å². The lowest BCUT2D eigenvalue weighted by atomic mass is 10.3. The molecule has 0 aromatic carbocycles. The van der Waals surface area contributed by atoms with E-state index in [4.69, 9.17) is 4.74 Å². The van der Waals surface area contributed by atoms with Gasteiger partial charge in [-0.05, 0) is 30.7 Å². The predicted molar refractivity (Wildman–Crippen MR) is 57.5 cm³/mol. The van der Waals surface area contributed by atoms with Crippen molar-refractivity contribution >= 4 is 0 Å². The number of pyridine rings is 2. The van der Waals surface area contributed by atoms with Gasteiger partial charge in [0.15, 0.2) is 0 Å². The van der Waals surface area contributed by atoms with Crippen LogP contribution in [0.3, 0.4) is 0 Å². The molecule has 0 aliphatic rings. The Bertz CT molecular complexity index is 429. The van der Waals surface area contributed by atoms with E-state index in [1.165, 1.54) is 0 Å². The van der Waals surface area contributed by atoms with Gasteiger partial charge >= 0.3 is 0 Å². The highest BCUT2D eigenvalue weighted by Crippen LogP contribution is 2.13.